The van der Waals surface area contributed by atoms with Gasteiger partial charge in [-0.15, -0.1) is 6.58 Å². The van der Waals surface area contributed by atoms with Crippen LogP contribution in [0.1, 0.15) is 10.5 Å². The zero-order valence-corrected chi connectivity index (χ0v) is 9.21. The van der Waals surface area contributed by atoms with E-state index in [1.54, 1.807) is 30.6 Å². The highest BCUT2D eigenvalue weighted by Gasteiger charge is 2.04. The lowest BCUT2D eigenvalue weighted by Gasteiger charge is -1.96. The molecule has 0 aliphatic carbocycles. The van der Waals surface area contributed by atoms with Crippen LogP contribution >= 0.6 is 0 Å². The Kier molecular flexibility index (Phi) is 4.77. The number of carboxylic acids is 1. The fourth-order valence-corrected chi connectivity index (χ4v) is 1.08. The van der Waals surface area contributed by atoms with Crippen LogP contribution in [0.15, 0.2) is 43.2 Å². The summed E-state index contributed by atoms with van der Waals surface area (Å²) in [5.74, 6) is -1.02. The maximum atomic E-state index is 10.6. The van der Waals surface area contributed by atoms with Gasteiger partial charge in [-0.2, -0.15) is 0 Å². The van der Waals surface area contributed by atoms with Gasteiger partial charge in [0.15, 0.2) is 0 Å². The average molecular weight is 231 g/mol. The summed E-state index contributed by atoms with van der Waals surface area (Å²) in [4.78, 5) is 18.4. The van der Waals surface area contributed by atoms with E-state index in [4.69, 9.17) is 10.8 Å². The molecule has 0 amide bonds. The minimum Gasteiger partial charge on any atom is -0.477 e. The lowest BCUT2D eigenvalue weighted by Crippen LogP contribution is -1.99. The van der Waals surface area contributed by atoms with Crippen molar-refractivity contribution in [1.29, 1.82) is 0 Å². The highest BCUT2D eigenvalue weighted by molar-refractivity contribution is 5.89. The van der Waals surface area contributed by atoms with E-state index in [0.717, 1.165) is 5.39 Å². The van der Waals surface area contributed by atoms with E-state index in [-0.39, 0.29) is 5.69 Å². The molecular weight excluding hydrogens is 218 g/mol. The SMILES string of the molecule is C=CCN.O=C(O)c1ccc2cnccc2n1. The summed E-state index contributed by atoms with van der Waals surface area (Å²) in [7, 11) is 0. The van der Waals surface area contributed by atoms with Gasteiger partial charge < -0.3 is 10.8 Å². The molecule has 0 fully saturated rings. The smallest absolute Gasteiger partial charge is 0.354 e. The van der Waals surface area contributed by atoms with Crippen LogP contribution in [0.2, 0.25) is 0 Å². The third-order valence-corrected chi connectivity index (χ3v) is 1.88. The molecule has 88 valence electrons. The van der Waals surface area contributed by atoms with Gasteiger partial charge in [-0.25, -0.2) is 9.78 Å². The highest BCUT2D eigenvalue weighted by atomic mass is 16.4. The fraction of sp³-hybridized carbons (Fsp3) is 0.0833. The zero-order valence-electron chi connectivity index (χ0n) is 9.21. The summed E-state index contributed by atoms with van der Waals surface area (Å²) >= 11 is 0. The van der Waals surface area contributed by atoms with E-state index in [0.29, 0.717) is 12.1 Å². The predicted molar refractivity (Wildman–Crippen MR) is 65.7 cm³/mol. The number of hydrogen-bond acceptors (Lipinski definition) is 4. The molecule has 0 unspecified atom stereocenters. The van der Waals surface area contributed by atoms with Crippen LogP contribution in [0.3, 0.4) is 0 Å². The van der Waals surface area contributed by atoms with E-state index in [2.05, 4.69) is 16.5 Å². The topological polar surface area (TPSA) is 89.1 Å². The van der Waals surface area contributed by atoms with Crippen molar-refractivity contribution in [1.82, 2.24) is 9.97 Å². The Morgan fingerprint density at radius 2 is 2.18 bits per heavy atom. The van der Waals surface area contributed by atoms with Crippen LogP contribution in [-0.4, -0.2) is 27.6 Å². The van der Waals surface area contributed by atoms with E-state index in [1.165, 1.54) is 6.07 Å². The molecule has 0 aromatic carbocycles. The largest absolute Gasteiger partial charge is 0.477 e. The van der Waals surface area contributed by atoms with Crippen LogP contribution in [0, 0.1) is 0 Å². The van der Waals surface area contributed by atoms with Gasteiger partial charge in [0.1, 0.15) is 5.69 Å². The number of rotatable bonds is 2. The molecule has 2 heterocycles. The molecule has 0 aliphatic heterocycles. The first-order valence-corrected chi connectivity index (χ1v) is 4.94. The summed E-state index contributed by atoms with van der Waals surface area (Å²) in [5.41, 5.74) is 5.61. The lowest BCUT2D eigenvalue weighted by atomic mass is 10.2. The van der Waals surface area contributed by atoms with Crippen molar-refractivity contribution in [3.05, 3.63) is 48.9 Å². The molecule has 0 bridgehead atoms. The van der Waals surface area contributed by atoms with Gasteiger partial charge in [0, 0.05) is 24.3 Å². The number of aromatic carboxylic acids is 1. The maximum Gasteiger partial charge on any atom is 0.354 e. The summed E-state index contributed by atoms with van der Waals surface area (Å²) in [5, 5.41) is 9.51. The van der Waals surface area contributed by atoms with Crippen molar-refractivity contribution in [2.75, 3.05) is 6.54 Å². The second kappa shape index (κ2) is 6.34. The molecule has 0 saturated heterocycles. The second-order valence-corrected chi connectivity index (χ2v) is 3.09. The number of nitrogens with two attached hydrogens (primary N) is 1. The molecular formula is C12H13N3O2. The van der Waals surface area contributed by atoms with Crippen molar-refractivity contribution in [3.8, 4) is 0 Å². The first kappa shape index (κ1) is 12.8. The Balaban J connectivity index is 0.000000317. The minimum absolute atomic E-state index is 0.0544. The highest BCUT2D eigenvalue weighted by Crippen LogP contribution is 2.09. The number of fused-ring (bicyclic) bond motifs is 1. The van der Waals surface area contributed by atoms with Gasteiger partial charge in [0.2, 0.25) is 0 Å². The van der Waals surface area contributed by atoms with Crippen molar-refractivity contribution < 1.29 is 9.90 Å². The molecule has 0 radical (unpaired) electrons. The number of carbonyl (C=O) groups is 1. The number of carboxylic acid groups (broad SMARTS) is 1. The molecule has 0 aliphatic rings. The van der Waals surface area contributed by atoms with Gasteiger partial charge in [-0.05, 0) is 18.2 Å². The molecule has 5 heteroatoms. The molecule has 0 saturated carbocycles. The minimum atomic E-state index is -1.02. The Morgan fingerprint density at radius 1 is 1.47 bits per heavy atom. The molecule has 3 N–H and O–H groups in total. The number of aromatic nitrogens is 2. The molecule has 5 nitrogen and oxygen atoms in total. The average Bonchev–Trinajstić information content (AvgIpc) is 2.38. The number of hydrogen-bond donors (Lipinski definition) is 2. The molecule has 2 rings (SSSR count). The normalized spacial score (nSPS) is 9.24. The van der Waals surface area contributed by atoms with E-state index in [9.17, 15) is 4.79 Å². The van der Waals surface area contributed by atoms with Crippen LogP contribution in [-0.2, 0) is 0 Å². The summed E-state index contributed by atoms with van der Waals surface area (Å²) in [6.45, 7) is 3.94. The summed E-state index contributed by atoms with van der Waals surface area (Å²) in [6, 6.07) is 4.84. The fourth-order valence-electron chi connectivity index (χ4n) is 1.08. The van der Waals surface area contributed by atoms with Gasteiger partial charge >= 0.3 is 5.97 Å². The maximum absolute atomic E-state index is 10.6. The molecule has 2 aromatic rings. The van der Waals surface area contributed by atoms with Crippen molar-refractivity contribution in [2.45, 2.75) is 0 Å². The van der Waals surface area contributed by atoms with E-state index in [1.807, 2.05) is 0 Å². The molecule has 0 spiro atoms. The Bertz CT molecular complexity index is 526. The third-order valence-electron chi connectivity index (χ3n) is 1.88. The molecule has 17 heavy (non-hydrogen) atoms. The Hall–Kier alpha value is -2.27. The van der Waals surface area contributed by atoms with Crippen LogP contribution in [0.5, 0.6) is 0 Å². The summed E-state index contributed by atoms with van der Waals surface area (Å²) in [6.07, 6.45) is 4.88. The van der Waals surface area contributed by atoms with Crippen LogP contribution < -0.4 is 5.73 Å². The van der Waals surface area contributed by atoms with Crippen molar-refractivity contribution in [3.63, 3.8) is 0 Å². The monoisotopic (exact) mass is 231 g/mol. The first-order valence-electron chi connectivity index (χ1n) is 4.94. The first-order chi connectivity index (χ1) is 8.19. The number of nitrogens with zero attached hydrogens (tertiary/aromatic N) is 2. The van der Waals surface area contributed by atoms with Crippen LogP contribution in [0.4, 0.5) is 0 Å². The zero-order chi connectivity index (χ0) is 12.7. The Morgan fingerprint density at radius 3 is 2.76 bits per heavy atom. The van der Waals surface area contributed by atoms with Crippen molar-refractivity contribution in [2.24, 2.45) is 5.73 Å². The quantitative estimate of drug-likeness (QED) is 0.764. The van der Waals surface area contributed by atoms with Crippen molar-refractivity contribution >= 4 is 16.9 Å². The van der Waals surface area contributed by atoms with Gasteiger partial charge in [0.25, 0.3) is 0 Å². The Labute approximate surface area is 98.6 Å². The third kappa shape index (κ3) is 3.66. The molecule has 2 aromatic heterocycles. The van der Waals surface area contributed by atoms with Gasteiger partial charge in [-0.3, -0.25) is 4.98 Å². The van der Waals surface area contributed by atoms with Gasteiger partial charge in [0.05, 0.1) is 5.52 Å². The standard InChI is InChI=1S/C9H6N2O2.C3H7N/c12-9(13)8-2-1-6-5-10-4-3-7(6)11-8;1-2-3-4/h1-5H,(H,12,13);2H,1,3-4H2. The number of pyridine rings is 2. The van der Waals surface area contributed by atoms with E-state index >= 15 is 0 Å². The lowest BCUT2D eigenvalue weighted by molar-refractivity contribution is 0.0691. The van der Waals surface area contributed by atoms with Gasteiger partial charge in [-0.1, -0.05) is 6.08 Å². The molecule has 0 atom stereocenters. The second-order valence-electron chi connectivity index (χ2n) is 3.09. The predicted octanol–water partition coefficient (Wildman–Crippen LogP) is 1.46. The van der Waals surface area contributed by atoms with E-state index < -0.39 is 5.97 Å². The van der Waals surface area contributed by atoms with Crippen LogP contribution in [0.25, 0.3) is 10.9 Å². The summed E-state index contributed by atoms with van der Waals surface area (Å²) < 4.78 is 0.